The summed E-state index contributed by atoms with van der Waals surface area (Å²) in [5.41, 5.74) is 1.25. The summed E-state index contributed by atoms with van der Waals surface area (Å²) < 4.78 is 10.5. The Labute approximate surface area is 144 Å². The maximum absolute atomic E-state index is 11.9. The minimum Gasteiger partial charge on any atom is -0.479 e. The number of esters is 1. The number of nitrogens with one attached hydrogen (secondary N) is 1. The van der Waals surface area contributed by atoms with Crippen LogP contribution in [0.15, 0.2) is 24.3 Å². The number of carbonyl (C=O) groups is 2. The van der Waals surface area contributed by atoms with Crippen LogP contribution in [0.5, 0.6) is 5.75 Å². The first kappa shape index (κ1) is 20.0. The standard InChI is InChI=1S/C19H29NO4/c1-13(2)11-20-17(21)12-23-18(22)14(3)24-16-9-7-15(8-10-16)19(4,5)6/h7-10,13-14H,11-12H2,1-6H3,(H,20,21)/t14-/m1/s1. The number of hydrogen-bond acceptors (Lipinski definition) is 4. The van der Waals surface area contributed by atoms with Crippen molar-refractivity contribution in [1.82, 2.24) is 5.32 Å². The molecule has 0 aliphatic heterocycles. The maximum Gasteiger partial charge on any atom is 0.347 e. The number of hydrogen-bond donors (Lipinski definition) is 1. The smallest absolute Gasteiger partial charge is 0.347 e. The van der Waals surface area contributed by atoms with Crippen molar-refractivity contribution in [2.24, 2.45) is 5.92 Å². The Morgan fingerprint density at radius 3 is 2.17 bits per heavy atom. The van der Waals surface area contributed by atoms with Crippen LogP contribution in [0.4, 0.5) is 0 Å². The van der Waals surface area contributed by atoms with E-state index in [1.165, 1.54) is 5.56 Å². The van der Waals surface area contributed by atoms with Crippen LogP contribution in [0.1, 0.15) is 47.1 Å². The van der Waals surface area contributed by atoms with E-state index < -0.39 is 12.1 Å². The van der Waals surface area contributed by atoms with Gasteiger partial charge < -0.3 is 14.8 Å². The Morgan fingerprint density at radius 2 is 1.67 bits per heavy atom. The van der Waals surface area contributed by atoms with Gasteiger partial charge in [0.15, 0.2) is 12.7 Å². The molecule has 0 saturated heterocycles. The molecular weight excluding hydrogens is 306 g/mol. The summed E-state index contributed by atoms with van der Waals surface area (Å²) in [5, 5.41) is 2.69. The van der Waals surface area contributed by atoms with Gasteiger partial charge in [-0.1, -0.05) is 46.8 Å². The molecule has 0 bridgehead atoms. The lowest BCUT2D eigenvalue weighted by Crippen LogP contribution is -2.34. The molecule has 1 atom stereocenters. The maximum atomic E-state index is 11.9. The van der Waals surface area contributed by atoms with Gasteiger partial charge in [0.05, 0.1) is 0 Å². The molecule has 0 radical (unpaired) electrons. The van der Waals surface area contributed by atoms with Gasteiger partial charge in [-0.3, -0.25) is 4.79 Å². The highest BCUT2D eigenvalue weighted by molar-refractivity contribution is 5.81. The largest absolute Gasteiger partial charge is 0.479 e. The quantitative estimate of drug-likeness (QED) is 0.778. The Bertz CT molecular complexity index is 543. The topological polar surface area (TPSA) is 64.6 Å². The molecule has 134 valence electrons. The molecule has 1 amide bonds. The van der Waals surface area contributed by atoms with E-state index in [-0.39, 0.29) is 17.9 Å². The Kier molecular flexibility index (Phi) is 7.26. The molecule has 5 heteroatoms. The number of amides is 1. The molecule has 1 N–H and O–H groups in total. The normalized spacial score (nSPS) is 12.6. The zero-order valence-electron chi connectivity index (χ0n) is 15.5. The third-order valence-corrected chi connectivity index (χ3v) is 3.42. The summed E-state index contributed by atoms with van der Waals surface area (Å²) in [6.45, 7) is 12.3. The van der Waals surface area contributed by atoms with Crippen LogP contribution in [0.2, 0.25) is 0 Å². The summed E-state index contributed by atoms with van der Waals surface area (Å²) in [6.07, 6.45) is -0.775. The van der Waals surface area contributed by atoms with E-state index in [1.54, 1.807) is 6.92 Å². The molecule has 0 aliphatic rings. The molecule has 1 rings (SSSR count). The van der Waals surface area contributed by atoms with E-state index in [1.807, 2.05) is 38.1 Å². The fraction of sp³-hybridized carbons (Fsp3) is 0.579. The second-order valence-corrected chi connectivity index (χ2v) is 7.34. The molecule has 0 spiro atoms. The van der Waals surface area contributed by atoms with Gasteiger partial charge in [-0.05, 0) is 36.0 Å². The van der Waals surface area contributed by atoms with Gasteiger partial charge >= 0.3 is 5.97 Å². The highest BCUT2D eigenvalue weighted by Gasteiger charge is 2.19. The first-order chi connectivity index (χ1) is 11.1. The van der Waals surface area contributed by atoms with Crippen LogP contribution >= 0.6 is 0 Å². The van der Waals surface area contributed by atoms with E-state index in [9.17, 15) is 9.59 Å². The zero-order chi connectivity index (χ0) is 18.3. The first-order valence-corrected chi connectivity index (χ1v) is 8.30. The molecular formula is C19H29NO4. The average Bonchev–Trinajstić information content (AvgIpc) is 2.50. The molecule has 0 unspecified atom stereocenters. The van der Waals surface area contributed by atoms with Gasteiger partial charge in [-0.25, -0.2) is 4.79 Å². The van der Waals surface area contributed by atoms with Crippen LogP contribution in [-0.2, 0) is 19.7 Å². The van der Waals surface area contributed by atoms with Gasteiger partial charge in [0, 0.05) is 6.54 Å². The van der Waals surface area contributed by atoms with Gasteiger partial charge in [-0.2, -0.15) is 0 Å². The highest BCUT2D eigenvalue weighted by Crippen LogP contribution is 2.24. The number of carbonyl (C=O) groups excluding carboxylic acids is 2. The summed E-state index contributed by atoms with van der Waals surface area (Å²) >= 11 is 0. The Balaban J connectivity index is 2.45. The van der Waals surface area contributed by atoms with E-state index in [2.05, 4.69) is 26.1 Å². The van der Waals surface area contributed by atoms with E-state index >= 15 is 0 Å². The van der Waals surface area contributed by atoms with Crippen molar-refractivity contribution in [1.29, 1.82) is 0 Å². The van der Waals surface area contributed by atoms with Crippen molar-refractivity contribution in [3.63, 3.8) is 0 Å². The van der Waals surface area contributed by atoms with Crippen molar-refractivity contribution in [3.05, 3.63) is 29.8 Å². The lowest BCUT2D eigenvalue weighted by Gasteiger charge is -2.20. The van der Waals surface area contributed by atoms with Crippen LogP contribution in [0.3, 0.4) is 0 Å². The average molecular weight is 335 g/mol. The van der Waals surface area contributed by atoms with Crippen molar-refractivity contribution in [2.75, 3.05) is 13.2 Å². The minimum atomic E-state index is -0.775. The summed E-state index contributed by atoms with van der Waals surface area (Å²) in [7, 11) is 0. The molecule has 0 saturated carbocycles. The van der Waals surface area contributed by atoms with Crippen LogP contribution in [0, 0.1) is 5.92 Å². The number of rotatable bonds is 7. The van der Waals surface area contributed by atoms with Gasteiger partial charge in [0.1, 0.15) is 5.75 Å². The SMILES string of the molecule is CC(C)CNC(=O)COC(=O)[C@@H](C)Oc1ccc(C(C)(C)C)cc1. The molecule has 5 nitrogen and oxygen atoms in total. The van der Waals surface area contributed by atoms with Crippen molar-refractivity contribution >= 4 is 11.9 Å². The predicted molar refractivity (Wildman–Crippen MR) is 94.0 cm³/mol. The van der Waals surface area contributed by atoms with Gasteiger partial charge in [0.2, 0.25) is 0 Å². The molecule has 0 fully saturated rings. The fourth-order valence-corrected chi connectivity index (χ4v) is 1.91. The lowest BCUT2D eigenvalue weighted by atomic mass is 9.87. The van der Waals surface area contributed by atoms with E-state index in [4.69, 9.17) is 9.47 Å². The monoisotopic (exact) mass is 335 g/mol. The van der Waals surface area contributed by atoms with E-state index in [0.717, 1.165) is 0 Å². The van der Waals surface area contributed by atoms with E-state index in [0.29, 0.717) is 18.2 Å². The third kappa shape index (κ3) is 7.02. The lowest BCUT2D eigenvalue weighted by molar-refractivity contribution is -0.154. The number of benzene rings is 1. The summed E-state index contributed by atoms with van der Waals surface area (Å²) in [5.74, 6) is 0.0769. The van der Waals surface area contributed by atoms with Crippen LogP contribution < -0.4 is 10.1 Å². The Morgan fingerprint density at radius 1 is 1.08 bits per heavy atom. The van der Waals surface area contributed by atoms with Crippen LogP contribution in [-0.4, -0.2) is 31.1 Å². The Hall–Kier alpha value is -2.04. The van der Waals surface area contributed by atoms with Gasteiger partial charge in [-0.15, -0.1) is 0 Å². The van der Waals surface area contributed by atoms with Gasteiger partial charge in [0.25, 0.3) is 5.91 Å². The molecule has 24 heavy (non-hydrogen) atoms. The second-order valence-electron chi connectivity index (χ2n) is 7.34. The second kappa shape index (κ2) is 8.71. The number of ether oxygens (including phenoxy) is 2. The third-order valence-electron chi connectivity index (χ3n) is 3.42. The first-order valence-electron chi connectivity index (χ1n) is 8.30. The zero-order valence-corrected chi connectivity index (χ0v) is 15.5. The molecule has 1 aromatic carbocycles. The highest BCUT2D eigenvalue weighted by atomic mass is 16.6. The molecule has 0 heterocycles. The molecule has 1 aromatic rings. The van der Waals surface area contributed by atoms with Crippen molar-refractivity contribution in [2.45, 2.75) is 53.1 Å². The van der Waals surface area contributed by atoms with Crippen molar-refractivity contribution < 1.29 is 19.1 Å². The molecule has 0 aliphatic carbocycles. The van der Waals surface area contributed by atoms with Crippen LogP contribution in [0.25, 0.3) is 0 Å². The fourth-order valence-electron chi connectivity index (χ4n) is 1.91. The summed E-state index contributed by atoms with van der Waals surface area (Å²) in [6, 6.07) is 7.62. The summed E-state index contributed by atoms with van der Waals surface area (Å²) in [4.78, 5) is 23.4. The van der Waals surface area contributed by atoms with Crippen molar-refractivity contribution in [3.8, 4) is 5.75 Å². The predicted octanol–water partition coefficient (Wildman–Crippen LogP) is 3.07. The molecule has 0 aromatic heterocycles. The minimum absolute atomic E-state index is 0.0619.